The largest absolute Gasteiger partial charge is 1.00 e. The van der Waals surface area contributed by atoms with Crippen LogP contribution in [0, 0.1) is 0 Å². The molecule has 2 aromatic rings. The second-order valence-electron chi connectivity index (χ2n) is 16.1. The first-order chi connectivity index (χ1) is 27.1. The summed E-state index contributed by atoms with van der Waals surface area (Å²) in [6.07, 6.45) is 40.3. The molecule has 0 aliphatic heterocycles. The van der Waals surface area contributed by atoms with Gasteiger partial charge in [0.1, 0.15) is 24.6 Å². The average molecular weight is 912 g/mol. The minimum atomic E-state index is -0.570. The van der Waals surface area contributed by atoms with E-state index in [4.69, 9.17) is 21.1 Å². The number of ether oxygens (including phenoxy) is 2. The van der Waals surface area contributed by atoms with E-state index >= 15 is 0 Å². The lowest BCUT2D eigenvalue weighted by Gasteiger charge is -2.19. The van der Waals surface area contributed by atoms with Crippen LogP contribution in [0.15, 0.2) is 42.6 Å². The molecule has 1 N–H and O–H groups in total. The molecule has 1 amide bonds. The van der Waals surface area contributed by atoms with Gasteiger partial charge in [-0.3, -0.25) is 4.79 Å². The second kappa shape index (κ2) is 37.7. The molecular weight excluding hydrogens is 827 g/mol. The number of unbranched alkanes of at least 4 members (excludes halogenated alkanes) is 26. The summed E-state index contributed by atoms with van der Waals surface area (Å²) in [6, 6.07) is 11.7. The van der Waals surface area contributed by atoms with Gasteiger partial charge in [-0.15, -0.1) is 0 Å². The molecule has 1 atom stereocenters. The Labute approximate surface area is 367 Å². The maximum Gasteiger partial charge on any atom is 0.261 e. The van der Waals surface area contributed by atoms with E-state index in [9.17, 15) is 4.79 Å². The fraction of sp³-hybridized carbons (Fsp3) is 0.755. The number of hydrogen-bond donors (Lipinski definition) is 1. The first-order valence-corrected chi connectivity index (χ1v) is 23.8. The van der Waals surface area contributed by atoms with Crippen LogP contribution < -0.4 is 43.3 Å². The lowest BCUT2D eigenvalue weighted by atomic mass is 10.0. The predicted molar refractivity (Wildman–Crippen MR) is 235 cm³/mol. The molecule has 0 saturated heterocycles. The van der Waals surface area contributed by atoms with Gasteiger partial charge in [0.2, 0.25) is 5.69 Å². The number of pyridine rings is 1. The van der Waals surface area contributed by atoms with Crippen molar-refractivity contribution in [1.29, 1.82) is 0 Å². The zero-order valence-electron chi connectivity index (χ0n) is 36.4. The Balaban J connectivity index is 0.0000157. The molecule has 56 heavy (non-hydrogen) atoms. The molecule has 0 fully saturated rings. The standard InChI is InChI=1S/C49H83ClN2O3.HI/c1-4-7-9-11-13-15-17-19-21-23-25-27-29-31-36-48(49(53)51-43-44-35-32-33-40-52(44)39-6-3)55-45-37-38-47(46(50)42-45)54-41-34-30-28-26-24-22-20-18-16-14-12-10-8-5-2;/h32-33,35,37-38,40,42,48H,4-31,34,36,39,41,43H2,1-3H3;1H. The number of amides is 1. The van der Waals surface area contributed by atoms with Gasteiger partial charge in [0.05, 0.1) is 11.6 Å². The number of carbonyl (C=O) groups excluding carboxylic acids is 1. The summed E-state index contributed by atoms with van der Waals surface area (Å²) in [5, 5.41) is 3.70. The van der Waals surface area contributed by atoms with Gasteiger partial charge in [0.15, 0.2) is 12.3 Å². The zero-order chi connectivity index (χ0) is 39.4. The predicted octanol–water partition coefficient (Wildman–Crippen LogP) is 11.8. The van der Waals surface area contributed by atoms with Crippen molar-refractivity contribution >= 4 is 17.5 Å². The fourth-order valence-electron chi connectivity index (χ4n) is 7.51. The van der Waals surface area contributed by atoms with Gasteiger partial charge in [-0.2, -0.15) is 0 Å². The highest BCUT2D eigenvalue weighted by molar-refractivity contribution is 6.32. The molecule has 0 bridgehead atoms. The van der Waals surface area contributed by atoms with E-state index in [2.05, 4.69) is 42.9 Å². The summed E-state index contributed by atoms with van der Waals surface area (Å²) < 4.78 is 14.6. The van der Waals surface area contributed by atoms with Crippen LogP contribution in [-0.4, -0.2) is 18.6 Å². The van der Waals surface area contributed by atoms with Gasteiger partial charge >= 0.3 is 0 Å². The smallest absolute Gasteiger partial charge is 0.261 e. The molecule has 0 aliphatic rings. The third kappa shape index (κ3) is 27.2. The van der Waals surface area contributed by atoms with Crippen LogP contribution in [-0.2, 0) is 17.9 Å². The van der Waals surface area contributed by atoms with Crippen molar-refractivity contribution in [3.63, 3.8) is 0 Å². The zero-order valence-corrected chi connectivity index (χ0v) is 39.3. The second-order valence-corrected chi connectivity index (χ2v) is 16.5. The van der Waals surface area contributed by atoms with Gasteiger partial charge < -0.3 is 38.8 Å². The maximum atomic E-state index is 13.6. The van der Waals surface area contributed by atoms with Gasteiger partial charge in [-0.1, -0.05) is 205 Å². The molecule has 2 rings (SSSR count). The number of benzene rings is 1. The van der Waals surface area contributed by atoms with Crippen LogP contribution in [0.25, 0.3) is 0 Å². The first-order valence-electron chi connectivity index (χ1n) is 23.4. The van der Waals surface area contributed by atoms with Gasteiger partial charge in [-0.25, -0.2) is 4.57 Å². The summed E-state index contributed by atoms with van der Waals surface area (Å²) in [5.74, 6) is 1.22. The van der Waals surface area contributed by atoms with Crippen LogP contribution >= 0.6 is 11.6 Å². The lowest BCUT2D eigenvalue weighted by Crippen LogP contribution is -3.00. The fourth-order valence-corrected chi connectivity index (χ4v) is 7.73. The lowest BCUT2D eigenvalue weighted by molar-refractivity contribution is -0.704. The van der Waals surface area contributed by atoms with Crippen molar-refractivity contribution in [2.45, 2.75) is 233 Å². The number of carbonyl (C=O) groups is 1. The quantitative estimate of drug-likeness (QED) is 0.0415. The molecule has 1 unspecified atom stereocenters. The molecule has 322 valence electrons. The summed E-state index contributed by atoms with van der Waals surface area (Å²) in [7, 11) is 0. The Morgan fingerprint density at radius 3 is 1.59 bits per heavy atom. The topological polar surface area (TPSA) is 51.4 Å². The number of rotatable bonds is 38. The van der Waals surface area contributed by atoms with E-state index < -0.39 is 6.10 Å². The Morgan fingerprint density at radius 2 is 1.11 bits per heavy atom. The third-order valence-corrected chi connectivity index (χ3v) is 11.3. The monoisotopic (exact) mass is 911 g/mol. The van der Waals surface area contributed by atoms with Crippen molar-refractivity contribution < 1.29 is 42.8 Å². The highest BCUT2D eigenvalue weighted by Gasteiger charge is 2.22. The molecule has 5 nitrogen and oxygen atoms in total. The van der Waals surface area contributed by atoms with Crippen molar-refractivity contribution in [2.24, 2.45) is 0 Å². The summed E-state index contributed by atoms with van der Waals surface area (Å²) in [6.45, 7) is 8.81. The van der Waals surface area contributed by atoms with Crippen molar-refractivity contribution in [3.8, 4) is 11.5 Å². The molecule has 0 spiro atoms. The number of aromatic nitrogens is 1. The summed E-state index contributed by atoms with van der Waals surface area (Å²) >= 11 is 6.68. The number of nitrogens with one attached hydrogen (secondary N) is 1. The van der Waals surface area contributed by atoms with E-state index in [1.807, 2.05) is 24.3 Å². The highest BCUT2D eigenvalue weighted by Crippen LogP contribution is 2.30. The summed E-state index contributed by atoms with van der Waals surface area (Å²) in [4.78, 5) is 13.6. The molecule has 1 aromatic carbocycles. The SMILES string of the molecule is CCCCCCCCCCCCCCCCOc1ccc(OC(CCCCCCCCCCCCCCCC)C(=O)NCc2cccc[n+]2CCC)cc1Cl.[I-]. The Morgan fingerprint density at radius 1 is 0.625 bits per heavy atom. The third-order valence-electron chi connectivity index (χ3n) is 11.0. The van der Waals surface area contributed by atoms with E-state index in [0.717, 1.165) is 37.9 Å². The number of hydrogen-bond acceptors (Lipinski definition) is 3. The van der Waals surface area contributed by atoms with E-state index in [1.54, 1.807) is 6.07 Å². The average Bonchev–Trinajstić information content (AvgIpc) is 3.19. The highest BCUT2D eigenvalue weighted by atomic mass is 127. The van der Waals surface area contributed by atoms with E-state index in [0.29, 0.717) is 36.1 Å². The van der Waals surface area contributed by atoms with Gasteiger partial charge in [-0.05, 0) is 31.4 Å². The maximum absolute atomic E-state index is 13.6. The Bertz CT molecular complexity index is 1200. The number of nitrogens with zero attached hydrogens (tertiary/aromatic N) is 1. The molecule has 0 aliphatic carbocycles. The normalized spacial score (nSPS) is 11.6. The molecule has 1 heterocycles. The van der Waals surface area contributed by atoms with Crippen LogP contribution in [0.3, 0.4) is 0 Å². The van der Waals surface area contributed by atoms with Crippen molar-refractivity contribution in [3.05, 3.63) is 53.3 Å². The van der Waals surface area contributed by atoms with E-state index in [-0.39, 0.29) is 29.9 Å². The number of aryl methyl sites for hydroxylation is 1. The molecule has 7 heteroatoms. The van der Waals surface area contributed by atoms with Crippen molar-refractivity contribution in [1.82, 2.24) is 5.32 Å². The van der Waals surface area contributed by atoms with Crippen LogP contribution in [0.4, 0.5) is 0 Å². The van der Waals surface area contributed by atoms with E-state index in [1.165, 1.54) is 161 Å². The van der Waals surface area contributed by atoms with Gasteiger partial charge in [0, 0.05) is 24.6 Å². The summed E-state index contributed by atoms with van der Waals surface area (Å²) in [5.41, 5.74) is 1.09. The molecular formula is C49H84ClIN2O3. The van der Waals surface area contributed by atoms with Crippen molar-refractivity contribution in [2.75, 3.05) is 6.61 Å². The minimum absolute atomic E-state index is 0. The van der Waals surface area contributed by atoms with Crippen LogP contribution in [0.2, 0.25) is 5.02 Å². The number of halogens is 2. The molecule has 0 saturated carbocycles. The Hall–Kier alpha value is -1.54. The first kappa shape index (κ1) is 52.5. The molecule has 1 aromatic heterocycles. The molecule has 0 radical (unpaired) electrons. The minimum Gasteiger partial charge on any atom is -1.00 e. The Kier molecular flexibility index (Phi) is 35.3. The van der Waals surface area contributed by atoms with Crippen LogP contribution in [0.5, 0.6) is 11.5 Å². The van der Waals surface area contributed by atoms with Crippen LogP contribution in [0.1, 0.15) is 219 Å². The van der Waals surface area contributed by atoms with Gasteiger partial charge in [0.25, 0.3) is 5.91 Å².